The summed E-state index contributed by atoms with van der Waals surface area (Å²) < 4.78 is 113. The summed E-state index contributed by atoms with van der Waals surface area (Å²) in [6.45, 7) is 40.8. The number of aromatic nitrogens is 2. The summed E-state index contributed by atoms with van der Waals surface area (Å²) in [6.07, 6.45) is 3.23. The summed E-state index contributed by atoms with van der Waals surface area (Å²) in [5.74, 6) is 1.22. The van der Waals surface area contributed by atoms with Gasteiger partial charge in [0.05, 0.1) is 43.2 Å². The van der Waals surface area contributed by atoms with Gasteiger partial charge in [-0.15, -0.1) is 0 Å². The van der Waals surface area contributed by atoms with Gasteiger partial charge in [-0.25, -0.2) is 4.98 Å². The van der Waals surface area contributed by atoms with Gasteiger partial charge in [0, 0.05) is 51.5 Å². The Morgan fingerprint density at radius 1 is 0.430 bits per heavy atom. The fourth-order valence-corrected chi connectivity index (χ4v) is 13.6. The van der Waals surface area contributed by atoms with Crippen molar-refractivity contribution in [3.8, 4) is 61.8 Å². The summed E-state index contributed by atoms with van der Waals surface area (Å²) in [7, 11) is 0. The van der Waals surface area contributed by atoms with E-state index in [9.17, 15) is 9.60 Å². The van der Waals surface area contributed by atoms with Crippen LogP contribution in [0.1, 0.15) is 198 Å². The summed E-state index contributed by atoms with van der Waals surface area (Å²) in [4.78, 5) is 9.57. The van der Waals surface area contributed by atoms with Crippen LogP contribution >= 0.6 is 0 Å². The van der Waals surface area contributed by atoms with Crippen LogP contribution in [0.4, 0.5) is 22.7 Å². The quantitative estimate of drug-likeness (QED) is 0.144. The molecule has 0 radical (unpaired) electrons. The van der Waals surface area contributed by atoms with Crippen LogP contribution in [0.3, 0.4) is 0 Å². The molecule has 9 aromatic carbocycles. The van der Waals surface area contributed by atoms with Crippen LogP contribution < -0.4 is 14.5 Å². The maximum Gasteiger partial charge on any atom is 0.137 e. The molecule has 0 unspecified atom stereocenters. The first-order chi connectivity index (χ1) is 48.3. The third kappa shape index (κ3) is 11.8. The van der Waals surface area contributed by atoms with E-state index in [0.717, 1.165) is 69.0 Å². The Bertz CT molecular complexity index is 5350. The average Bonchev–Trinajstić information content (AvgIpc) is 1.28. The maximum atomic E-state index is 10.6. The van der Waals surface area contributed by atoms with Gasteiger partial charge < -0.3 is 14.5 Å². The third-order valence-corrected chi connectivity index (χ3v) is 19.3. The number of hydrogen-bond donors (Lipinski definition) is 0. The standard InChI is InChI=1S/C88H96N4O/c1-82(2,3)60-38-35-58(36-39-60)71-54-89-80(53-74(71)86(13,14)15)92-76-28-21-20-27-66(76)67-42-41-65(52-79(67)92)93-64-26-24-25-63(51-64)90-55-91(78-30-23-22-29-77(78)90)81-69(57-33-31-56(32-34-57)68-48-61(83(4,5)6)40-44-72(68)85(10,11)12)49-62(84(7,8)9)50-70(81)59-37-43-73-75(47-59)88(18,19)46-45-87(73,16)17/h20-44,47-54H,45-46,55H2,1-19H3/i20D,21D,27D,28D,35D,36D,37D,38D,39D,43D,47D. The number of benzene rings is 9. The molecule has 93 heavy (non-hydrogen) atoms. The van der Waals surface area contributed by atoms with Crippen LogP contribution in [-0.4, -0.2) is 16.2 Å². The Balaban J connectivity index is 0.966. The number of para-hydroxylation sites is 3. The first kappa shape index (κ1) is 50.8. The molecule has 3 heterocycles. The molecule has 11 aromatic rings. The molecule has 0 spiro atoms. The highest BCUT2D eigenvalue weighted by Gasteiger charge is 2.39. The van der Waals surface area contributed by atoms with Gasteiger partial charge in [0.15, 0.2) is 0 Å². The first-order valence-electron chi connectivity index (χ1n) is 38.5. The minimum Gasteiger partial charge on any atom is -0.457 e. The second-order valence-corrected chi connectivity index (χ2v) is 32.4. The van der Waals surface area contributed by atoms with E-state index in [-0.39, 0.29) is 87.7 Å². The van der Waals surface area contributed by atoms with E-state index in [1.54, 1.807) is 16.8 Å². The van der Waals surface area contributed by atoms with E-state index in [1.807, 2.05) is 96.1 Å². The lowest BCUT2D eigenvalue weighted by molar-refractivity contribution is 0.332. The molecular formula is C88H96N4O. The second-order valence-electron chi connectivity index (χ2n) is 32.4. The molecule has 474 valence electrons. The summed E-state index contributed by atoms with van der Waals surface area (Å²) in [5.41, 5.74) is 13.4. The van der Waals surface area contributed by atoms with Gasteiger partial charge in [0.2, 0.25) is 0 Å². The van der Waals surface area contributed by atoms with E-state index in [1.165, 1.54) is 16.7 Å². The van der Waals surface area contributed by atoms with E-state index in [0.29, 0.717) is 68.1 Å². The highest BCUT2D eigenvalue weighted by molar-refractivity contribution is 6.09. The monoisotopic (exact) mass is 1240 g/mol. The normalized spacial score (nSPS) is 16.7. The van der Waals surface area contributed by atoms with Gasteiger partial charge in [0.25, 0.3) is 0 Å². The van der Waals surface area contributed by atoms with Crippen LogP contribution in [0.25, 0.3) is 72.1 Å². The van der Waals surface area contributed by atoms with Gasteiger partial charge in [-0.3, -0.25) is 4.57 Å². The molecule has 0 amide bonds. The van der Waals surface area contributed by atoms with E-state index in [2.05, 4.69) is 167 Å². The topological polar surface area (TPSA) is 33.5 Å². The second kappa shape index (κ2) is 22.5. The zero-order valence-electron chi connectivity index (χ0n) is 69.0. The SMILES string of the molecule is [2H]c1c([2H])c(C(C)(C)C)c([2H])c([2H])c1-c1cnc(-n2c3cc(Oc4cccc(N5CN(c6c(-c7ccc(-c8cc(C(C)(C)C)ccc8C(C)(C)C)cc7)cc(C(C)(C)C)cc6-c6c([2H])c([2H])c7c(c6[2H])C(C)(C)CCC7(C)C)c6ccccc65)c4)ccc3c3c([2H])c([2H])c([2H])c([2H])c32)cc1C(C)(C)C. The zero-order valence-corrected chi connectivity index (χ0v) is 58.0. The minimum atomic E-state index is -0.668. The van der Waals surface area contributed by atoms with Crippen LogP contribution in [0.2, 0.25) is 0 Å². The number of ether oxygens (including phenoxy) is 1. The Morgan fingerprint density at radius 3 is 1.66 bits per heavy atom. The Labute approximate surface area is 571 Å². The number of pyridine rings is 1. The molecule has 2 aromatic heterocycles. The van der Waals surface area contributed by atoms with Crippen molar-refractivity contribution in [1.29, 1.82) is 0 Å². The summed E-state index contributed by atoms with van der Waals surface area (Å²) >= 11 is 0. The van der Waals surface area contributed by atoms with Gasteiger partial charge in [-0.1, -0.05) is 253 Å². The Hall–Kier alpha value is -8.67. The smallest absolute Gasteiger partial charge is 0.137 e. The fraction of sp³-hybridized carbons (Fsp3) is 0.330. The molecule has 0 atom stereocenters. The van der Waals surface area contributed by atoms with Crippen molar-refractivity contribution in [3.63, 3.8) is 0 Å². The Morgan fingerprint density at radius 2 is 1.01 bits per heavy atom. The highest BCUT2D eigenvalue weighted by Crippen LogP contribution is 2.54. The van der Waals surface area contributed by atoms with Gasteiger partial charge in [0.1, 0.15) is 24.0 Å². The van der Waals surface area contributed by atoms with E-state index < -0.39 is 27.7 Å². The molecule has 5 heteroatoms. The van der Waals surface area contributed by atoms with E-state index >= 15 is 0 Å². The predicted molar refractivity (Wildman–Crippen MR) is 398 cm³/mol. The largest absolute Gasteiger partial charge is 0.457 e. The van der Waals surface area contributed by atoms with E-state index in [4.69, 9.17) is 15.2 Å². The van der Waals surface area contributed by atoms with Crippen molar-refractivity contribution in [2.45, 2.75) is 182 Å². The lowest BCUT2D eigenvalue weighted by Gasteiger charge is -2.42. The van der Waals surface area contributed by atoms with Gasteiger partial charge in [-0.05, 0) is 178 Å². The minimum absolute atomic E-state index is 0.0399. The van der Waals surface area contributed by atoms with Gasteiger partial charge >= 0.3 is 0 Å². The first-order valence-corrected chi connectivity index (χ1v) is 33.0. The van der Waals surface area contributed by atoms with Crippen LogP contribution in [0, 0.1) is 0 Å². The molecule has 0 saturated carbocycles. The van der Waals surface area contributed by atoms with Crippen molar-refractivity contribution in [2.75, 3.05) is 16.5 Å². The molecule has 0 N–H and O–H groups in total. The molecular weight excluding hydrogens is 1130 g/mol. The number of hydrogen-bond acceptors (Lipinski definition) is 4. The maximum absolute atomic E-state index is 10.6. The third-order valence-electron chi connectivity index (χ3n) is 19.3. The fourth-order valence-electron chi connectivity index (χ4n) is 13.6. The van der Waals surface area contributed by atoms with Crippen molar-refractivity contribution in [1.82, 2.24) is 9.55 Å². The molecule has 2 aliphatic rings. The lowest BCUT2D eigenvalue weighted by atomic mass is 9.63. The molecule has 5 nitrogen and oxygen atoms in total. The van der Waals surface area contributed by atoms with Crippen LogP contribution in [-0.2, 0) is 37.9 Å². The van der Waals surface area contributed by atoms with Crippen LogP contribution in [0.5, 0.6) is 11.5 Å². The van der Waals surface area contributed by atoms with Crippen molar-refractivity contribution in [3.05, 3.63) is 239 Å². The number of rotatable bonds is 9. The average molecular weight is 1240 g/mol. The summed E-state index contributed by atoms with van der Waals surface area (Å²) in [6, 6.07) is 42.4. The highest BCUT2D eigenvalue weighted by atomic mass is 16.5. The van der Waals surface area contributed by atoms with Crippen molar-refractivity contribution in [2.24, 2.45) is 0 Å². The molecule has 13 rings (SSSR count). The van der Waals surface area contributed by atoms with Gasteiger partial charge in [-0.2, -0.15) is 0 Å². The molecule has 1 aliphatic carbocycles. The zero-order chi connectivity index (χ0) is 75.7. The van der Waals surface area contributed by atoms with Crippen LogP contribution in [0.15, 0.2) is 200 Å². The number of anilines is 4. The molecule has 0 fully saturated rings. The molecule has 0 saturated heterocycles. The van der Waals surface area contributed by atoms with Crippen molar-refractivity contribution >= 4 is 44.6 Å². The number of fused-ring (bicyclic) bond motifs is 5. The van der Waals surface area contributed by atoms with Crippen molar-refractivity contribution < 1.29 is 19.8 Å². The lowest BCUT2D eigenvalue weighted by Crippen LogP contribution is -2.33. The number of nitrogens with zero attached hydrogens (tertiary/aromatic N) is 4. The Kier molecular flexibility index (Phi) is 12.3. The summed E-state index contributed by atoms with van der Waals surface area (Å²) in [5, 5.41) is 0.827. The predicted octanol–water partition coefficient (Wildman–Crippen LogP) is 24.7. The molecule has 1 aliphatic heterocycles. The molecule has 0 bridgehead atoms.